The van der Waals surface area contributed by atoms with E-state index in [1.165, 1.54) is 0 Å². The molecule has 2 heterocycles. The Morgan fingerprint density at radius 2 is 1.85 bits per heavy atom. The fourth-order valence-electron chi connectivity index (χ4n) is 2.57. The normalized spacial score (nSPS) is 14.8. The van der Waals surface area contributed by atoms with E-state index in [2.05, 4.69) is 15.1 Å². The lowest BCUT2D eigenvalue weighted by molar-refractivity contribution is 0.223. The van der Waals surface area contributed by atoms with Gasteiger partial charge >= 0.3 is 0 Å². The number of hydrogen-bond acceptors (Lipinski definition) is 7. The van der Waals surface area contributed by atoms with Gasteiger partial charge in [-0.05, 0) is 49.6 Å². The van der Waals surface area contributed by atoms with E-state index in [4.69, 9.17) is 19.7 Å². The molecule has 0 saturated heterocycles. The molecule has 7 nitrogen and oxygen atoms in total. The molecule has 3 aromatic rings. The molecule has 136 valence electrons. The summed E-state index contributed by atoms with van der Waals surface area (Å²) in [5.74, 6) is 2.89. The van der Waals surface area contributed by atoms with Crippen molar-refractivity contribution >= 4 is 12.4 Å². The number of rotatable bonds is 6. The van der Waals surface area contributed by atoms with Crippen molar-refractivity contribution in [1.82, 2.24) is 15.1 Å². The molecule has 0 aliphatic heterocycles. The molecule has 0 spiro atoms. The van der Waals surface area contributed by atoms with Gasteiger partial charge in [0.05, 0.1) is 5.54 Å². The Morgan fingerprint density at radius 3 is 2.50 bits per heavy atom. The number of benzene rings is 1. The van der Waals surface area contributed by atoms with E-state index in [-0.39, 0.29) is 19.0 Å². The third-order valence-electron chi connectivity index (χ3n) is 4.21. The van der Waals surface area contributed by atoms with Gasteiger partial charge in [0, 0.05) is 12.3 Å². The molecule has 0 atom stereocenters. The zero-order valence-corrected chi connectivity index (χ0v) is 14.8. The van der Waals surface area contributed by atoms with Crippen LogP contribution in [-0.2, 0) is 12.1 Å². The van der Waals surface area contributed by atoms with E-state index in [9.17, 15) is 0 Å². The number of nitrogens with two attached hydrogens (primary N) is 1. The number of hydrogen-bond donors (Lipinski definition) is 1. The van der Waals surface area contributed by atoms with E-state index in [0.29, 0.717) is 29.1 Å². The van der Waals surface area contributed by atoms with Gasteiger partial charge in [-0.15, -0.1) is 12.4 Å². The van der Waals surface area contributed by atoms with Crippen LogP contribution in [0.25, 0.3) is 0 Å². The molecular weight excluding hydrogens is 356 g/mol. The van der Waals surface area contributed by atoms with Crippen LogP contribution >= 0.6 is 12.4 Å². The third-order valence-corrected chi connectivity index (χ3v) is 4.21. The summed E-state index contributed by atoms with van der Waals surface area (Å²) in [4.78, 5) is 8.45. The Balaban J connectivity index is 0.00000196. The van der Waals surface area contributed by atoms with Crippen LogP contribution in [0.4, 0.5) is 0 Å². The van der Waals surface area contributed by atoms with Crippen LogP contribution in [0.1, 0.15) is 31.0 Å². The SMILES string of the molecule is Cl.NC1(c2noc(COc3ccc(Oc4ccccn4)cc3)n2)CCC1. The van der Waals surface area contributed by atoms with Crippen molar-refractivity contribution in [1.29, 1.82) is 0 Å². The highest BCUT2D eigenvalue weighted by atomic mass is 35.5. The second-order valence-corrected chi connectivity index (χ2v) is 6.05. The van der Waals surface area contributed by atoms with Crippen LogP contribution in [0.5, 0.6) is 17.4 Å². The lowest BCUT2D eigenvalue weighted by Gasteiger charge is -2.34. The summed E-state index contributed by atoms with van der Waals surface area (Å²) in [5, 5.41) is 3.97. The van der Waals surface area contributed by atoms with Crippen molar-refractivity contribution in [3.05, 3.63) is 60.4 Å². The third kappa shape index (κ3) is 3.95. The molecule has 2 aromatic heterocycles. The van der Waals surface area contributed by atoms with Crippen molar-refractivity contribution < 1.29 is 14.0 Å². The van der Waals surface area contributed by atoms with E-state index in [1.54, 1.807) is 12.3 Å². The molecular formula is C18H19ClN4O3. The van der Waals surface area contributed by atoms with E-state index >= 15 is 0 Å². The second kappa shape index (κ2) is 7.72. The van der Waals surface area contributed by atoms with E-state index in [1.807, 2.05) is 36.4 Å². The largest absolute Gasteiger partial charge is 0.484 e. The second-order valence-electron chi connectivity index (χ2n) is 6.05. The Morgan fingerprint density at radius 1 is 1.08 bits per heavy atom. The van der Waals surface area contributed by atoms with Gasteiger partial charge in [-0.3, -0.25) is 0 Å². The van der Waals surface area contributed by atoms with Gasteiger partial charge in [0.25, 0.3) is 5.89 Å². The Labute approximate surface area is 156 Å². The van der Waals surface area contributed by atoms with Gasteiger partial charge in [0.1, 0.15) is 11.5 Å². The highest BCUT2D eigenvalue weighted by molar-refractivity contribution is 5.85. The summed E-state index contributed by atoms with van der Waals surface area (Å²) in [6.45, 7) is 0.198. The summed E-state index contributed by atoms with van der Waals surface area (Å²) in [6, 6.07) is 12.7. The standard InChI is InChI=1S/C18H18N4O3.ClH/c19-18(9-3-10-18)17-21-16(25-22-17)12-23-13-5-7-14(8-6-13)24-15-4-1-2-11-20-15;/h1-2,4-8,11H,3,9-10,12,19H2;1H. The molecule has 1 fully saturated rings. The van der Waals surface area contributed by atoms with Crippen LogP contribution in [0.2, 0.25) is 0 Å². The average Bonchev–Trinajstić information content (AvgIpc) is 3.09. The van der Waals surface area contributed by atoms with Gasteiger partial charge in [-0.2, -0.15) is 4.98 Å². The van der Waals surface area contributed by atoms with E-state index < -0.39 is 5.54 Å². The van der Waals surface area contributed by atoms with Gasteiger partial charge < -0.3 is 19.7 Å². The maximum absolute atomic E-state index is 6.18. The molecule has 2 N–H and O–H groups in total. The van der Waals surface area contributed by atoms with Crippen LogP contribution in [-0.4, -0.2) is 15.1 Å². The quantitative estimate of drug-likeness (QED) is 0.704. The summed E-state index contributed by atoms with van der Waals surface area (Å²) in [6.07, 6.45) is 4.57. The molecule has 0 unspecified atom stereocenters. The van der Waals surface area contributed by atoms with Gasteiger partial charge in [0.15, 0.2) is 12.4 Å². The fraction of sp³-hybridized carbons (Fsp3) is 0.278. The first-order valence-corrected chi connectivity index (χ1v) is 8.15. The number of pyridine rings is 1. The van der Waals surface area contributed by atoms with Gasteiger partial charge in [0.2, 0.25) is 5.88 Å². The van der Waals surface area contributed by atoms with Crippen molar-refractivity contribution in [2.45, 2.75) is 31.4 Å². The average molecular weight is 375 g/mol. The predicted octanol–water partition coefficient (Wildman–Crippen LogP) is 3.60. The van der Waals surface area contributed by atoms with Crippen molar-refractivity contribution in [2.24, 2.45) is 5.73 Å². The first-order chi connectivity index (χ1) is 12.2. The molecule has 26 heavy (non-hydrogen) atoms. The predicted molar refractivity (Wildman–Crippen MR) is 96.3 cm³/mol. The molecule has 0 radical (unpaired) electrons. The first kappa shape index (κ1) is 18.2. The first-order valence-electron chi connectivity index (χ1n) is 8.15. The Hall–Kier alpha value is -2.64. The molecule has 0 amide bonds. The molecule has 8 heteroatoms. The molecule has 1 saturated carbocycles. The summed E-state index contributed by atoms with van der Waals surface area (Å²) < 4.78 is 16.5. The van der Waals surface area contributed by atoms with Crippen LogP contribution in [0, 0.1) is 0 Å². The fourth-order valence-corrected chi connectivity index (χ4v) is 2.57. The molecule has 1 aliphatic carbocycles. The van der Waals surface area contributed by atoms with Crippen LogP contribution < -0.4 is 15.2 Å². The summed E-state index contributed by atoms with van der Waals surface area (Å²) in [5.41, 5.74) is 5.76. The number of aromatic nitrogens is 3. The molecule has 4 rings (SSSR count). The van der Waals surface area contributed by atoms with Gasteiger partial charge in [-0.25, -0.2) is 4.98 Å². The monoisotopic (exact) mass is 374 g/mol. The minimum Gasteiger partial charge on any atom is -0.484 e. The lowest BCUT2D eigenvalue weighted by atomic mass is 9.77. The minimum absolute atomic E-state index is 0. The molecule has 1 aliphatic rings. The van der Waals surface area contributed by atoms with Crippen LogP contribution in [0.3, 0.4) is 0 Å². The Kier molecular flexibility index (Phi) is 5.39. The van der Waals surface area contributed by atoms with Crippen LogP contribution in [0.15, 0.2) is 53.2 Å². The summed E-state index contributed by atoms with van der Waals surface area (Å²) in [7, 11) is 0. The summed E-state index contributed by atoms with van der Waals surface area (Å²) >= 11 is 0. The Bertz CT molecular complexity index is 835. The highest BCUT2D eigenvalue weighted by Crippen LogP contribution is 2.36. The van der Waals surface area contributed by atoms with Crippen molar-refractivity contribution in [3.8, 4) is 17.4 Å². The van der Waals surface area contributed by atoms with E-state index in [0.717, 1.165) is 19.3 Å². The van der Waals surface area contributed by atoms with Crippen molar-refractivity contribution in [2.75, 3.05) is 0 Å². The number of halogens is 1. The zero-order valence-electron chi connectivity index (χ0n) is 14.0. The topological polar surface area (TPSA) is 96.3 Å². The molecule has 1 aromatic carbocycles. The van der Waals surface area contributed by atoms with Gasteiger partial charge in [-0.1, -0.05) is 11.2 Å². The smallest absolute Gasteiger partial charge is 0.264 e. The number of nitrogens with zero attached hydrogens (tertiary/aromatic N) is 3. The van der Waals surface area contributed by atoms with Crippen molar-refractivity contribution in [3.63, 3.8) is 0 Å². The lowest BCUT2D eigenvalue weighted by Crippen LogP contribution is -2.44. The maximum Gasteiger partial charge on any atom is 0.264 e. The minimum atomic E-state index is -0.424. The molecule has 0 bridgehead atoms. The number of ether oxygens (including phenoxy) is 2. The maximum atomic E-state index is 6.18. The highest BCUT2D eigenvalue weighted by Gasteiger charge is 2.38. The zero-order chi connectivity index (χ0) is 17.1.